The van der Waals surface area contributed by atoms with Gasteiger partial charge in [0.25, 0.3) is 0 Å². The first kappa shape index (κ1) is 15.3. The number of benzene rings is 1. The molecule has 0 aliphatic rings. The molecule has 0 amide bonds. The summed E-state index contributed by atoms with van der Waals surface area (Å²) in [5.74, 6) is 2.00. The van der Waals surface area contributed by atoms with Gasteiger partial charge < -0.3 is 4.52 Å². The Morgan fingerprint density at radius 3 is 2.71 bits per heavy atom. The molecule has 1 atom stereocenters. The fourth-order valence-electron chi connectivity index (χ4n) is 2.35. The van der Waals surface area contributed by atoms with Crippen molar-refractivity contribution in [1.29, 1.82) is 0 Å². The molecule has 0 saturated heterocycles. The highest BCUT2D eigenvalue weighted by Gasteiger charge is 2.18. The number of para-hydroxylation sites is 1. The quantitative estimate of drug-likeness (QED) is 0.383. The number of nitrogens with zero attached hydrogens (tertiary/aromatic N) is 4. The predicted octanol–water partition coefficient (Wildman–Crippen LogP) is 4.90. The lowest BCUT2D eigenvalue weighted by Crippen LogP contribution is -1.95. The Balaban J connectivity index is 1.78. The highest BCUT2D eigenvalue weighted by atomic mass is 32.2. The summed E-state index contributed by atoms with van der Waals surface area (Å²) >= 11 is 3.24. The molecule has 0 bridgehead atoms. The number of thioether (sulfide) groups is 1. The van der Waals surface area contributed by atoms with Crippen LogP contribution in [0, 0.1) is 6.92 Å². The lowest BCUT2D eigenvalue weighted by Gasteiger charge is -2.10. The van der Waals surface area contributed by atoms with Crippen LogP contribution in [0.25, 0.3) is 21.6 Å². The van der Waals surface area contributed by atoms with Gasteiger partial charge in [-0.15, -0.1) is 11.3 Å². The average Bonchev–Trinajstić information content (AvgIpc) is 3.26. The van der Waals surface area contributed by atoms with Crippen LogP contribution >= 0.6 is 23.1 Å². The molecule has 7 heteroatoms. The summed E-state index contributed by atoms with van der Waals surface area (Å²) < 4.78 is 5.29. The van der Waals surface area contributed by atoms with Gasteiger partial charge in [-0.25, -0.2) is 9.97 Å². The molecule has 5 nitrogen and oxygen atoms in total. The van der Waals surface area contributed by atoms with E-state index in [0.717, 1.165) is 26.6 Å². The smallest absolute Gasteiger partial charge is 0.239 e. The second-order valence-corrected chi connectivity index (χ2v) is 7.56. The zero-order chi connectivity index (χ0) is 16.5. The second-order valence-electron chi connectivity index (χ2n) is 5.29. The third kappa shape index (κ3) is 2.92. The van der Waals surface area contributed by atoms with Crippen LogP contribution in [-0.2, 0) is 0 Å². The van der Waals surface area contributed by atoms with E-state index in [1.165, 1.54) is 0 Å². The van der Waals surface area contributed by atoms with E-state index in [-0.39, 0.29) is 5.25 Å². The summed E-state index contributed by atoms with van der Waals surface area (Å²) in [4.78, 5) is 14.9. The van der Waals surface area contributed by atoms with Crippen molar-refractivity contribution in [2.75, 3.05) is 0 Å². The number of rotatable bonds is 4. The number of aryl methyl sites for hydroxylation is 1. The van der Waals surface area contributed by atoms with Crippen molar-refractivity contribution in [3.8, 4) is 10.7 Å². The highest BCUT2D eigenvalue weighted by Crippen LogP contribution is 2.37. The van der Waals surface area contributed by atoms with Crippen molar-refractivity contribution in [2.24, 2.45) is 0 Å². The van der Waals surface area contributed by atoms with Gasteiger partial charge in [-0.2, -0.15) is 4.98 Å². The third-order valence-corrected chi connectivity index (χ3v) is 5.44. The molecule has 0 aliphatic carbocycles. The van der Waals surface area contributed by atoms with Gasteiger partial charge in [0.15, 0.2) is 11.6 Å². The van der Waals surface area contributed by atoms with Crippen LogP contribution in [-0.4, -0.2) is 20.1 Å². The van der Waals surface area contributed by atoms with E-state index in [1.54, 1.807) is 23.1 Å². The summed E-state index contributed by atoms with van der Waals surface area (Å²) in [5, 5.41) is 7.87. The largest absolute Gasteiger partial charge is 0.338 e. The molecule has 3 aromatic heterocycles. The molecule has 0 N–H and O–H groups in total. The van der Waals surface area contributed by atoms with Gasteiger partial charge in [0.05, 0.1) is 15.6 Å². The van der Waals surface area contributed by atoms with Crippen molar-refractivity contribution in [3.05, 3.63) is 53.5 Å². The molecule has 0 aliphatic heterocycles. The van der Waals surface area contributed by atoms with Gasteiger partial charge in [0.1, 0.15) is 5.03 Å². The van der Waals surface area contributed by atoms with Crippen LogP contribution in [0.2, 0.25) is 0 Å². The number of hydrogen-bond acceptors (Lipinski definition) is 7. The van der Waals surface area contributed by atoms with Crippen molar-refractivity contribution in [2.45, 2.75) is 24.1 Å². The zero-order valence-corrected chi connectivity index (χ0v) is 14.8. The van der Waals surface area contributed by atoms with Gasteiger partial charge >= 0.3 is 0 Å². The lowest BCUT2D eigenvalue weighted by atomic mass is 10.2. The molecule has 3 heterocycles. The molecule has 0 saturated carbocycles. The summed E-state index contributed by atoms with van der Waals surface area (Å²) in [6, 6.07) is 12.1. The molecule has 0 fully saturated rings. The minimum absolute atomic E-state index is 0.0145. The first-order valence-corrected chi connectivity index (χ1v) is 9.24. The summed E-state index contributed by atoms with van der Waals surface area (Å²) in [6.07, 6.45) is 0. The van der Waals surface area contributed by atoms with Crippen LogP contribution < -0.4 is 0 Å². The van der Waals surface area contributed by atoms with Gasteiger partial charge in [-0.05, 0) is 31.4 Å². The van der Waals surface area contributed by atoms with Gasteiger partial charge in [0, 0.05) is 5.39 Å². The number of hydrogen-bond donors (Lipinski definition) is 0. The number of fused-ring (bicyclic) bond motifs is 1. The fourth-order valence-corrected chi connectivity index (χ4v) is 3.98. The standard InChI is InChI=1S/C17H14N4OS2/c1-10(16-18-11(2)21-22-16)24-17-12-6-3-4-7-13(12)19-15(20-17)14-8-5-9-23-14/h3-10H,1-2H3/t10-/m1/s1. The van der Waals surface area contributed by atoms with Crippen LogP contribution in [0.15, 0.2) is 51.3 Å². The van der Waals surface area contributed by atoms with Crippen LogP contribution in [0.5, 0.6) is 0 Å². The summed E-state index contributed by atoms with van der Waals surface area (Å²) in [6.45, 7) is 3.86. The van der Waals surface area contributed by atoms with Crippen LogP contribution in [0.4, 0.5) is 0 Å². The van der Waals surface area contributed by atoms with E-state index < -0.39 is 0 Å². The molecule has 1 aromatic carbocycles. The molecule has 24 heavy (non-hydrogen) atoms. The predicted molar refractivity (Wildman–Crippen MR) is 96.2 cm³/mol. The minimum atomic E-state index is 0.0145. The molecule has 0 radical (unpaired) electrons. The van der Waals surface area contributed by atoms with E-state index in [9.17, 15) is 0 Å². The maximum absolute atomic E-state index is 5.29. The highest BCUT2D eigenvalue weighted by molar-refractivity contribution is 7.99. The average molecular weight is 354 g/mol. The summed E-state index contributed by atoms with van der Waals surface area (Å²) in [7, 11) is 0. The maximum atomic E-state index is 5.29. The Morgan fingerprint density at radius 2 is 1.96 bits per heavy atom. The Morgan fingerprint density at radius 1 is 1.08 bits per heavy atom. The van der Waals surface area contributed by atoms with Gasteiger partial charge in [-0.1, -0.05) is 41.2 Å². The summed E-state index contributed by atoms with van der Waals surface area (Å²) in [5.41, 5.74) is 0.937. The molecule has 4 aromatic rings. The zero-order valence-electron chi connectivity index (χ0n) is 13.1. The van der Waals surface area contributed by atoms with Crippen LogP contribution in [0.3, 0.4) is 0 Å². The minimum Gasteiger partial charge on any atom is -0.338 e. The SMILES string of the molecule is Cc1noc([C@@H](C)Sc2nc(-c3cccs3)nc3ccccc23)n1. The topological polar surface area (TPSA) is 64.7 Å². The Kier molecular flexibility index (Phi) is 4.03. The van der Waals surface area contributed by atoms with E-state index in [4.69, 9.17) is 14.5 Å². The van der Waals surface area contributed by atoms with Crippen molar-refractivity contribution in [3.63, 3.8) is 0 Å². The molecule has 120 valence electrons. The fraction of sp³-hybridized carbons (Fsp3) is 0.176. The van der Waals surface area contributed by atoms with Crippen molar-refractivity contribution >= 4 is 34.0 Å². The molecule has 0 unspecified atom stereocenters. The Labute approximate surface area is 147 Å². The normalized spacial score (nSPS) is 12.6. The first-order chi connectivity index (χ1) is 11.7. The van der Waals surface area contributed by atoms with E-state index in [0.29, 0.717) is 11.7 Å². The lowest BCUT2D eigenvalue weighted by molar-refractivity contribution is 0.376. The molecular formula is C17H14N4OS2. The number of aromatic nitrogens is 4. The van der Waals surface area contributed by atoms with Crippen LogP contribution in [0.1, 0.15) is 23.9 Å². The monoisotopic (exact) mass is 354 g/mol. The third-order valence-electron chi connectivity index (χ3n) is 3.49. The van der Waals surface area contributed by atoms with E-state index >= 15 is 0 Å². The van der Waals surface area contributed by atoms with E-state index in [2.05, 4.69) is 10.1 Å². The molecular weight excluding hydrogens is 340 g/mol. The first-order valence-electron chi connectivity index (χ1n) is 7.48. The maximum Gasteiger partial charge on any atom is 0.239 e. The van der Waals surface area contributed by atoms with Gasteiger partial charge in [0.2, 0.25) is 5.89 Å². The molecule has 0 spiro atoms. The van der Waals surface area contributed by atoms with E-state index in [1.807, 2.05) is 55.6 Å². The molecule has 4 rings (SSSR count). The Bertz CT molecular complexity index is 981. The van der Waals surface area contributed by atoms with Gasteiger partial charge in [-0.3, -0.25) is 0 Å². The van der Waals surface area contributed by atoms with Crippen molar-refractivity contribution in [1.82, 2.24) is 20.1 Å². The number of thiophene rings is 1. The van der Waals surface area contributed by atoms with Crippen molar-refractivity contribution < 1.29 is 4.52 Å². The Hall–Kier alpha value is -2.25. The second kappa shape index (κ2) is 6.33.